The number of nitrogens with one attached hydrogen (secondary N) is 1. The first kappa shape index (κ1) is 13.3. The Bertz CT molecular complexity index is 584. The van der Waals surface area contributed by atoms with Crippen molar-refractivity contribution < 1.29 is 9.53 Å². The molecule has 0 aliphatic rings. The van der Waals surface area contributed by atoms with Gasteiger partial charge in [0.15, 0.2) is 5.82 Å². The summed E-state index contributed by atoms with van der Waals surface area (Å²) < 4.78 is 4.87. The number of nitrogens with zero attached hydrogens (tertiary/aromatic N) is 2. The van der Waals surface area contributed by atoms with Crippen molar-refractivity contribution in [2.24, 2.45) is 0 Å². The molecule has 0 fully saturated rings. The number of rotatable bonds is 5. The number of hydrogen-bond acceptors (Lipinski definition) is 5. The van der Waals surface area contributed by atoms with Crippen molar-refractivity contribution >= 4 is 22.6 Å². The van der Waals surface area contributed by atoms with Crippen LogP contribution in [-0.4, -0.2) is 29.3 Å². The first-order valence-corrected chi connectivity index (χ1v) is 6.34. The van der Waals surface area contributed by atoms with Crippen LogP contribution in [0.5, 0.6) is 0 Å². The number of aryl methyl sites for hydroxylation is 1. The highest BCUT2D eigenvalue weighted by Crippen LogP contribution is 2.21. The molecule has 1 N–H and O–H groups in total. The van der Waals surface area contributed by atoms with Gasteiger partial charge in [0.2, 0.25) is 0 Å². The molecule has 19 heavy (non-hydrogen) atoms. The third-order valence-electron chi connectivity index (χ3n) is 2.80. The molecule has 1 aromatic heterocycles. The zero-order valence-corrected chi connectivity index (χ0v) is 11.1. The Labute approximate surface area is 112 Å². The number of ether oxygens (including phenoxy) is 1. The first-order valence-electron chi connectivity index (χ1n) is 6.34. The smallest absolute Gasteiger partial charge is 0.307 e. The van der Waals surface area contributed by atoms with E-state index >= 15 is 0 Å². The molecule has 5 nitrogen and oxygen atoms in total. The van der Waals surface area contributed by atoms with Crippen LogP contribution in [0.2, 0.25) is 0 Å². The second kappa shape index (κ2) is 6.13. The van der Waals surface area contributed by atoms with E-state index in [1.807, 2.05) is 31.2 Å². The summed E-state index contributed by atoms with van der Waals surface area (Å²) in [5.74, 6) is 0.491. The van der Waals surface area contributed by atoms with Crippen LogP contribution < -0.4 is 5.32 Å². The summed E-state index contributed by atoms with van der Waals surface area (Å²) in [7, 11) is 0. The Hall–Kier alpha value is -2.17. The van der Waals surface area contributed by atoms with Crippen molar-refractivity contribution in [2.75, 3.05) is 18.5 Å². The monoisotopic (exact) mass is 259 g/mol. The van der Waals surface area contributed by atoms with E-state index in [-0.39, 0.29) is 5.97 Å². The van der Waals surface area contributed by atoms with Gasteiger partial charge in [-0.3, -0.25) is 4.79 Å². The molecule has 2 rings (SSSR count). The zero-order chi connectivity index (χ0) is 13.7. The zero-order valence-electron chi connectivity index (χ0n) is 11.1. The normalized spacial score (nSPS) is 10.4. The summed E-state index contributed by atoms with van der Waals surface area (Å²) in [4.78, 5) is 11.3. The molecule has 0 spiro atoms. The van der Waals surface area contributed by atoms with Crippen LogP contribution in [0.4, 0.5) is 5.82 Å². The molecule has 0 saturated carbocycles. The minimum Gasteiger partial charge on any atom is -0.466 e. The van der Waals surface area contributed by atoms with Crippen LogP contribution in [0.15, 0.2) is 24.3 Å². The lowest BCUT2D eigenvalue weighted by atomic mass is 10.1. The van der Waals surface area contributed by atoms with Crippen molar-refractivity contribution in [3.8, 4) is 0 Å². The standard InChI is InChI=1S/C14H17N3O2/c1-3-19-13(18)8-9-15-14-12-7-5-4-6-11(12)10(2)16-17-14/h4-7H,3,8-9H2,1-2H3,(H,15,17). The van der Waals surface area contributed by atoms with E-state index in [9.17, 15) is 4.79 Å². The lowest BCUT2D eigenvalue weighted by Crippen LogP contribution is -2.12. The van der Waals surface area contributed by atoms with Crippen LogP contribution in [0.3, 0.4) is 0 Å². The average Bonchev–Trinajstić information content (AvgIpc) is 2.42. The van der Waals surface area contributed by atoms with Gasteiger partial charge in [0.25, 0.3) is 0 Å². The van der Waals surface area contributed by atoms with Gasteiger partial charge in [-0.1, -0.05) is 24.3 Å². The largest absolute Gasteiger partial charge is 0.466 e. The molecule has 0 radical (unpaired) electrons. The Morgan fingerprint density at radius 1 is 1.26 bits per heavy atom. The minimum atomic E-state index is -0.209. The van der Waals surface area contributed by atoms with Gasteiger partial charge in [0, 0.05) is 17.3 Å². The molecule has 1 heterocycles. The van der Waals surface area contributed by atoms with E-state index in [0.717, 1.165) is 16.5 Å². The van der Waals surface area contributed by atoms with Gasteiger partial charge < -0.3 is 10.1 Å². The summed E-state index contributed by atoms with van der Waals surface area (Å²) in [5, 5.41) is 13.5. The van der Waals surface area contributed by atoms with E-state index in [0.29, 0.717) is 25.4 Å². The van der Waals surface area contributed by atoms with Gasteiger partial charge in [-0.05, 0) is 13.8 Å². The van der Waals surface area contributed by atoms with E-state index in [1.54, 1.807) is 6.92 Å². The van der Waals surface area contributed by atoms with Crippen LogP contribution in [0.1, 0.15) is 19.0 Å². The van der Waals surface area contributed by atoms with Crippen LogP contribution in [0.25, 0.3) is 10.8 Å². The predicted octanol–water partition coefficient (Wildman–Crippen LogP) is 2.30. The summed E-state index contributed by atoms with van der Waals surface area (Å²) in [6.07, 6.45) is 0.317. The lowest BCUT2D eigenvalue weighted by molar-refractivity contribution is -0.142. The maximum absolute atomic E-state index is 11.3. The van der Waals surface area contributed by atoms with Gasteiger partial charge in [-0.25, -0.2) is 0 Å². The second-order valence-electron chi connectivity index (χ2n) is 4.16. The number of carbonyl (C=O) groups excluding carboxylic acids is 1. The Morgan fingerprint density at radius 3 is 2.74 bits per heavy atom. The summed E-state index contributed by atoms with van der Waals surface area (Å²) in [6.45, 7) is 4.62. The fraction of sp³-hybridized carbons (Fsp3) is 0.357. The topological polar surface area (TPSA) is 64.1 Å². The van der Waals surface area contributed by atoms with Crippen molar-refractivity contribution in [2.45, 2.75) is 20.3 Å². The summed E-state index contributed by atoms with van der Waals surface area (Å²) in [6, 6.07) is 7.93. The number of benzene rings is 1. The lowest BCUT2D eigenvalue weighted by Gasteiger charge is -2.09. The predicted molar refractivity (Wildman–Crippen MR) is 74.0 cm³/mol. The second-order valence-corrected chi connectivity index (χ2v) is 4.16. The Balaban J connectivity index is 2.09. The summed E-state index contributed by atoms with van der Waals surface area (Å²) in [5.41, 5.74) is 0.895. The number of carbonyl (C=O) groups is 1. The SMILES string of the molecule is CCOC(=O)CCNc1nnc(C)c2ccccc12. The molecule has 5 heteroatoms. The molecule has 2 aromatic rings. The van der Waals surface area contributed by atoms with Crippen molar-refractivity contribution in [3.05, 3.63) is 30.0 Å². The van der Waals surface area contributed by atoms with Crippen molar-refractivity contribution in [3.63, 3.8) is 0 Å². The fourth-order valence-corrected chi connectivity index (χ4v) is 1.88. The van der Waals surface area contributed by atoms with E-state index in [1.165, 1.54) is 0 Å². The maximum Gasteiger partial charge on any atom is 0.307 e. The Kier molecular flexibility index (Phi) is 4.28. The van der Waals surface area contributed by atoms with Gasteiger partial charge in [0.05, 0.1) is 18.7 Å². The minimum absolute atomic E-state index is 0.209. The number of aromatic nitrogens is 2. The molecule has 0 bridgehead atoms. The number of anilines is 1. The molecule has 0 amide bonds. The molecule has 0 saturated heterocycles. The molecule has 1 aromatic carbocycles. The highest BCUT2D eigenvalue weighted by molar-refractivity contribution is 5.92. The number of hydrogen-bond donors (Lipinski definition) is 1. The fourth-order valence-electron chi connectivity index (χ4n) is 1.88. The van der Waals surface area contributed by atoms with Gasteiger partial charge in [0.1, 0.15) is 0 Å². The van der Waals surface area contributed by atoms with E-state index in [2.05, 4.69) is 15.5 Å². The highest BCUT2D eigenvalue weighted by Gasteiger charge is 2.07. The number of fused-ring (bicyclic) bond motifs is 1. The molecule has 0 aliphatic heterocycles. The highest BCUT2D eigenvalue weighted by atomic mass is 16.5. The molecular formula is C14H17N3O2. The van der Waals surface area contributed by atoms with E-state index < -0.39 is 0 Å². The van der Waals surface area contributed by atoms with Crippen LogP contribution >= 0.6 is 0 Å². The number of esters is 1. The first-order chi connectivity index (χ1) is 9.22. The van der Waals surface area contributed by atoms with Crippen LogP contribution in [-0.2, 0) is 9.53 Å². The molecule has 0 aliphatic carbocycles. The quantitative estimate of drug-likeness (QED) is 0.835. The van der Waals surface area contributed by atoms with E-state index in [4.69, 9.17) is 4.74 Å². The molecule has 0 unspecified atom stereocenters. The van der Waals surface area contributed by atoms with Crippen molar-refractivity contribution in [1.82, 2.24) is 10.2 Å². The maximum atomic E-state index is 11.3. The molecular weight excluding hydrogens is 242 g/mol. The van der Waals surface area contributed by atoms with Crippen LogP contribution in [0, 0.1) is 6.92 Å². The van der Waals surface area contributed by atoms with Gasteiger partial charge in [-0.2, -0.15) is 5.10 Å². The Morgan fingerprint density at radius 2 is 2.00 bits per heavy atom. The summed E-state index contributed by atoms with van der Waals surface area (Å²) >= 11 is 0. The van der Waals surface area contributed by atoms with Gasteiger partial charge >= 0.3 is 5.97 Å². The van der Waals surface area contributed by atoms with Gasteiger partial charge in [-0.15, -0.1) is 5.10 Å². The third kappa shape index (κ3) is 3.19. The van der Waals surface area contributed by atoms with Crippen molar-refractivity contribution in [1.29, 1.82) is 0 Å². The average molecular weight is 259 g/mol. The third-order valence-corrected chi connectivity index (χ3v) is 2.80. The molecule has 0 atom stereocenters. The molecule has 100 valence electrons.